The molecule has 1 N–H and O–H groups in total. The molecule has 1 amide bonds. The van der Waals surface area contributed by atoms with Gasteiger partial charge in [-0.05, 0) is 56.9 Å². The van der Waals surface area contributed by atoms with E-state index in [4.69, 9.17) is 0 Å². The standard InChI is InChI=1S/C24H26N6OS/c1-15-16(2)20(13-25)24(26-17(15)3)32-14-22(31)27-19-9-7-8-18(12-19)23-29-28-21-10-5-4-6-11-30(21)23/h7-9,12H,4-6,10-11,14H2,1-3H3,(H,27,31). The lowest BCUT2D eigenvalue weighted by Gasteiger charge is -2.12. The first-order valence-corrected chi connectivity index (χ1v) is 11.8. The molecule has 0 saturated carbocycles. The number of aryl methyl sites for hydroxylation is 2. The van der Waals surface area contributed by atoms with E-state index >= 15 is 0 Å². The molecule has 2 aromatic heterocycles. The van der Waals surface area contributed by atoms with Crippen LogP contribution in [0.1, 0.15) is 47.5 Å². The number of nitriles is 1. The average Bonchev–Trinajstić information content (AvgIpc) is 3.04. The van der Waals surface area contributed by atoms with Crippen molar-refractivity contribution in [3.63, 3.8) is 0 Å². The fourth-order valence-electron chi connectivity index (χ4n) is 3.91. The summed E-state index contributed by atoms with van der Waals surface area (Å²) >= 11 is 1.29. The minimum absolute atomic E-state index is 0.145. The number of fused-ring (bicyclic) bond motifs is 1. The molecule has 8 heteroatoms. The van der Waals surface area contributed by atoms with Gasteiger partial charge in [-0.3, -0.25) is 4.79 Å². The summed E-state index contributed by atoms with van der Waals surface area (Å²) in [6.07, 6.45) is 4.44. The molecule has 0 radical (unpaired) electrons. The summed E-state index contributed by atoms with van der Waals surface area (Å²) in [6, 6.07) is 9.94. The summed E-state index contributed by atoms with van der Waals surface area (Å²) in [5, 5.41) is 21.9. The largest absolute Gasteiger partial charge is 0.325 e. The molecule has 0 spiro atoms. The SMILES string of the molecule is Cc1nc(SCC(=O)Nc2cccc(-c3nnc4n3CCCCC4)c2)c(C#N)c(C)c1C. The number of carbonyl (C=O) groups is 1. The van der Waals surface area contributed by atoms with Crippen molar-refractivity contribution in [2.45, 2.75) is 58.0 Å². The van der Waals surface area contributed by atoms with Crippen molar-refractivity contribution < 1.29 is 4.79 Å². The maximum Gasteiger partial charge on any atom is 0.234 e. The molecule has 1 aromatic carbocycles. The molecule has 1 aliphatic heterocycles. The zero-order chi connectivity index (χ0) is 22.7. The number of rotatable bonds is 5. The van der Waals surface area contributed by atoms with E-state index in [1.807, 2.05) is 45.0 Å². The molecular formula is C24H26N6OS. The predicted molar refractivity (Wildman–Crippen MR) is 126 cm³/mol. The number of pyridine rings is 1. The van der Waals surface area contributed by atoms with Gasteiger partial charge in [0.2, 0.25) is 5.91 Å². The van der Waals surface area contributed by atoms with Gasteiger partial charge in [-0.15, -0.1) is 10.2 Å². The lowest BCUT2D eigenvalue weighted by atomic mass is 10.1. The Bertz CT molecular complexity index is 1210. The number of anilines is 1. The fraction of sp³-hybridized carbons (Fsp3) is 0.375. The average molecular weight is 447 g/mol. The maximum absolute atomic E-state index is 12.6. The van der Waals surface area contributed by atoms with Crippen LogP contribution in [0.4, 0.5) is 5.69 Å². The van der Waals surface area contributed by atoms with E-state index in [-0.39, 0.29) is 11.7 Å². The van der Waals surface area contributed by atoms with E-state index in [0.717, 1.165) is 59.8 Å². The van der Waals surface area contributed by atoms with Gasteiger partial charge in [0.1, 0.15) is 16.9 Å². The first kappa shape index (κ1) is 22.0. The van der Waals surface area contributed by atoms with Crippen molar-refractivity contribution in [3.05, 3.63) is 52.5 Å². The van der Waals surface area contributed by atoms with Crippen LogP contribution >= 0.6 is 11.8 Å². The predicted octanol–water partition coefficient (Wildman–Crippen LogP) is 4.59. The van der Waals surface area contributed by atoms with Crippen LogP contribution in [0.5, 0.6) is 0 Å². The highest BCUT2D eigenvalue weighted by Gasteiger charge is 2.17. The summed E-state index contributed by atoms with van der Waals surface area (Å²) < 4.78 is 2.20. The Kier molecular flexibility index (Phi) is 6.56. The first-order valence-electron chi connectivity index (χ1n) is 10.8. The zero-order valence-electron chi connectivity index (χ0n) is 18.6. The normalized spacial score (nSPS) is 13.2. The van der Waals surface area contributed by atoms with Crippen molar-refractivity contribution in [2.24, 2.45) is 0 Å². The molecule has 0 atom stereocenters. The van der Waals surface area contributed by atoms with Gasteiger partial charge in [0.05, 0.1) is 11.3 Å². The number of benzene rings is 1. The Morgan fingerprint density at radius 1 is 1.19 bits per heavy atom. The summed E-state index contributed by atoms with van der Waals surface area (Å²) in [5.41, 5.74) is 5.00. The van der Waals surface area contributed by atoms with E-state index < -0.39 is 0 Å². The number of aromatic nitrogens is 4. The lowest BCUT2D eigenvalue weighted by molar-refractivity contribution is -0.113. The lowest BCUT2D eigenvalue weighted by Crippen LogP contribution is -2.14. The van der Waals surface area contributed by atoms with E-state index in [2.05, 4.69) is 31.1 Å². The van der Waals surface area contributed by atoms with Crippen molar-refractivity contribution in [1.29, 1.82) is 5.26 Å². The Labute approximate surface area is 192 Å². The molecule has 0 fully saturated rings. The number of amides is 1. The van der Waals surface area contributed by atoms with Crippen LogP contribution in [0.15, 0.2) is 29.3 Å². The topological polar surface area (TPSA) is 96.5 Å². The number of hydrogen-bond donors (Lipinski definition) is 1. The van der Waals surface area contributed by atoms with E-state index in [9.17, 15) is 10.1 Å². The minimum atomic E-state index is -0.145. The van der Waals surface area contributed by atoms with E-state index in [1.54, 1.807) is 0 Å². The molecule has 1 aliphatic rings. The number of nitrogens with zero attached hydrogens (tertiary/aromatic N) is 5. The second-order valence-corrected chi connectivity index (χ2v) is 9.02. The second-order valence-electron chi connectivity index (χ2n) is 8.06. The van der Waals surface area contributed by atoms with Gasteiger partial charge in [-0.25, -0.2) is 4.98 Å². The van der Waals surface area contributed by atoms with Gasteiger partial charge in [-0.1, -0.05) is 30.3 Å². The van der Waals surface area contributed by atoms with Crippen molar-refractivity contribution in [2.75, 3.05) is 11.1 Å². The van der Waals surface area contributed by atoms with Crippen LogP contribution in [-0.4, -0.2) is 31.4 Å². The number of nitrogens with one attached hydrogen (secondary N) is 1. The molecule has 32 heavy (non-hydrogen) atoms. The van der Waals surface area contributed by atoms with Crippen LogP contribution in [-0.2, 0) is 17.8 Å². The molecule has 3 aromatic rings. The van der Waals surface area contributed by atoms with Crippen molar-refractivity contribution in [1.82, 2.24) is 19.7 Å². The van der Waals surface area contributed by atoms with Gasteiger partial charge in [0.15, 0.2) is 5.82 Å². The third-order valence-corrected chi connectivity index (χ3v) is 6.90. The molecule has 7 nitrogen and oxygen atoms in total. The number of carbonyl (C=O) groups excluding carboxylic acids is 1. The van der Waals surface area contributed by atoms with Crippen molar-refractivity contribution >= 4 is 23.4 Å². The Balaban J connectivity index is 1.47. The Morgan fingerprint density at radius 3 is 2.84 bits per heavy atom. The molecule has 164 valence electrons. The van der Waals surface area contributed by atoms with Gasteiger partial charge in [0.25, 0.3) is 0 Å². The Hall–Kier alpha value is -3.18. The highest BCUT2D eigenvalue weighted by molar-refractivity contribution is 8.00. The first-order chi connectivity index (χ1) is 15.5. The monoisotopic (exact) mass is 446 g/mol. The van der Waals surface area contributed by atoms with Crippen LogP contribution in [0.3, 0.4) is 0 Å². The van der Waals surface area contributed by atoms with Crippen LogP contribution in [0, 0.1) is 32.1 Å². The van der Waals surface area contributed by atoms with Crippen LogP contribution in [0.2, 0.25) is 0 Å². The molecular weight excluding hydrogens is 420 g/mol. The summed E-state index contributed by atoms with van der Waals surface area (Å²) in [6.45, 7) is 6.73. The highest BCUT2D eigenvalue weighted by Crippen LogP contribution is 2.27. The summed E-state index contributed by atoms with van der Waals surface area (Å²) in [7, 11) is 0. The molecule has 0 bridgehead atoms. The summed E-state index contributed by atoms with van der Waals surface area (Å²) in [4.78, 5) is 17.1. The number of hydrogen-bond acceptors (Lipinski definition) is 6. The molecule has 3 heterocycles. The van der Waals surface area contributed by atoms with Crippen LogP contribution < -0.4 is 5.32 Å². The highest BCUT2D eigenvalue weighted by atomic mass is 32.2. The molecule has 4 rings (SSSR count). The maximum atomic E-state index is 12.6. The van der Waals surface area contributed by atoms with Gasteiger partial charge in [0, 0.05) is 29.9 Å². The minimum Gasteiger partial charge on any atom is -0.325 e. The number of thioether (sulfide) groups is 1. The smallest absolute Gasteiger partial charge is 0.234 e. The van der Waals surface area contributed by atoms with Gasteiger partial charge in [-0.2, -0.15) is 5.26 Å². The Morgan fingerprint density at radius 2 is 2.03 bits per heavy atom. The van der Waals surface area contributed by atoms with Crippen molar-refractivity contribution in [3.8, 4) is 17.5 Å². The molecule has 0 saturated heterocycles. The fourth-order valence-corrected chi connectivity index (χ4v) is 4.80. The van der Waals surface area contributed by atoms with Crippen LogP contribution in [0.25, 0.3) is 11.4 Å². The van der Waals surface area contributed by atoms with E-state index in [1.165, 1.54) is 18.2 Å². The third-order valence-electron chi connectivity index (χ3n) is 5.93. The second kappa shape index (κ2) is 9.53. The van der Waals surface area contributed by atoms with E-state index in [0.29, 0.717) is 16.3 Å². The van der Waals surface area contributed by atoms with Gasteiger partial charge < -0.3 is 9.88 Å². The van der Waals surface area contributed by atoms with Gasteiger partial charge >= 0.3 is 0 Å². The third kappa shape index (κ3) is 4.53. The molecule has 0 unspecified atom stereocenters. The summed E-state index contributed by atoms with van der Waals surface area (Å²) in [5.74, 6) is 1.91. The molecule has 0 aliphatic carbocycles. The quantitative estimate of drug-likeness (QED) is 0.576. The zero-order valence-corrected chi connectivity index (χ0v) is 19.4.